The quantitative estimate of drug-likeness (QED) is 0.683. The van der Waals surface area contributed by atoms with E-state index in [1.54, 1.807) is 0 Å². The van der Waals surface area contributed by atoms with Gasteiger partial charge in [-0.05, 0) is 25.8 Å². The number of nitrogens with one attached hydrogen (secondary N) is 1. The highest BCUT2D eigenvalue weighted by atomic mass is 32.2. The van der Waals surface area contributed by atoms with Crippen LogP contribution in [0, 0.1) is 5.92 Å². The van der Waals surface area contributed by atoms with Crippen molar-refractivity contribution in [2.45, 2.75) is 12.8 Å². The van der Waals surface area contributed by atoms with Gasteiger partial charge in [-0.1, -0.05) is 12.2 Å². The van der Waals surface area contributed by atoms with Crippen molar-refractivity contribution in [1.29, 1.82) is 0 Å². The molecule has 0 aromatic carbocycles. The van der Waals surface area contributed by atoms with Crippen LogP contribution in [-0.4, -0.2) is 33.5 Å². The zero-order chi connectivity index (χ0) is 9.73. The summed E-state index contributed by atoms with van der Waals surface area (Å²) in [6.45, 7) is 0.864. The lowest BCUT2D eigenvalue weighted by Gasteiger charge is -2.18. The third kappa shape index (κ3) is 3.91. The average molecular weight is 203 g/mol. The first kappa shape index (κ1) is 10.7. The van der Waals surface area contributed by atoms with Crippen LogP contribution in [-0.2, 0) is 9.84 Å². The summed E-state index contributed by atoms with van der Waals surface area (Å²) >= 11 is 0. The standard InChI is InChI=1S/C9H17NO2S/c1-10-6-2-3-9-4-7-13(11,12)8-5-9/h2-3,9-10H,4-8H2,1H3/b3-2+. The second kappa shape index (κ2) is 4.77. The molecule has 1 fully saturated rings. The molecule has 1 aliphatic heterocycles. The van der Waals surface area contributed by atoms with E-state index < -0.39 is 9.84 Å². The first-order chi connectivity index (χ1) is 6.14. The molecule has 1 aliphatic rings. The fourth-order valence-electron chi connectivity index (χ4n) is 1.48. The van der Waals surface area contributed by atoms with Crippen molar-refractivity contribution in [2.24, 2.45) is 5.92 Å². The highest BCUT2D eigenvalue weighted by Gasteiger charge is 2.21. The number of allylic oxidation sites excluding steroid dienone is 1. The Labute approximate surface area is 80.1 Å². The van der Waals surface area contributed by atoms with Crippen molar-refractivity contribution < 1.29 is 8.42 Å². The van der Waals surface area contributed by atoms with Crippen LogP contribution in [0.15, 0.2) is 12.2 Å². The highest BCUT2D eigenvalue weighted by molar-refractivity contribution is 7.91. The Morgan fingerprint density at radius 2 is 2.00 bits per heavy atom. The molecule has 0 aliphatic carbocycles. The van der Waals surface area contributed by atoms with Gasteiger partial charge in [-0.15, -0.1) is 0 Å². The molecule has 0 aromatic rings. The number of hydrogen-bond donors (Lipinski definition) is 1. The maximum atomic E-state index is 11.1. The Morgan fingerprint density at radius 3 is 2.54 bits per heavy atom. The average Bonchev–Trinajstić information content (AvgIpc) is 2.08. The minimum Gasteiger partial charge on any atom is -0.316 e. The van der Waals surface area contributed by atoms with Crippen LogP contribution in [0.4, 0.5) is 0 Å². The molecule has 76 valence electrons. The molecule has 0 spiro atoms. The van der Waals surface area contributed by atoms with E-state index in [0.29, 0.717) is 17.4 Å². The summed E-state index contributed by atoms with van der Waals surface area (Å²) < 4.78 is 22.2. The monoisotopic (exact) mass is 203 g/mol. The van der Waals surface area contributed by atoms with Gasteiger partial charge in [0.1, 0.15) is 9.84 Å². The molecule has 1 rings (SSSR count). The van der Waals surface area contributed by atoms with Crippen LogP contribution in [0.2, 0.25) is 0 Å². The van der Waals surface area contributed by atoms with Gasteiger partial charge in [-0.2, -0.15) is 0 Å². The number of likely N-dealkylation sites (N-methyl/N-ethyl adjacent to an activating group) is 1. The molecule has 1 saturated heterocycles. The Kier molecular flexibility index (Phi) is 3.93. The molecule has 0 radical (unpaired) electrons. The fraction of sp³-hybridized carbons (Fsp3) is 0.778. The smallest absolute Gasteiger partial charge is 0.150 e. The van der Waals surface area contributed by atoms with Gasteiger partial charge in [0.05, 0.1) is 11.5 Å². The van der Waals surface area contributed by atoms with E-state index in [0.717, 1.165) is 19.4 Å². The zero-order valence-electron chi connectivity index (χ0n) is 7.99. The van der Waals surface area contributed by atoms with E-state index in [4.69, 9.17) is 0 Å². The third-order valence-electron chi connectivity index (χ3n) is 2.33. The molecular formula is C9H17NO2S. The molecule has 4 heteroatoms. The van der Waals surface area contributed by atoms with Crippen LogP contribution in [0.3, 0.4) is 0 Å². The van der Waals surface area contributed by atoms with Gasteiger partial charge >= 0.3 is 0 Å². The van der Waals surface area contributed by atoms with E-state index in [2.05, 4.69) is 17.5 Å². The van der Waals surface area contributed by atoms with Crippen molar-refractivity contribution in [2.75, 3.05) is 25.1 Å². The van der Waals surface area contributed by atoms with E-state index in [1.165, 1.54) is 0 Å². The van der Waals surface area contributed by atoms with Gasteiger partial charge in [0.15, 0.2) is 0 Å². The lowest BCUT2D eigenvalue weighted by Crippen LogP contribution is -2.22. The summed E-state index contributed by atoms with van der Waals surface area (Å²) in [7, 11) is -0.797. The van der Waals surface area contributed by atoms with Gasteiger partial charge in [-0.3, -0.25) is 0 Å². The summed E-state index contributed by atoms with van der Waals surface area (Å²) in [5.41, 5.74) is 0. The second-order valence-corrected chi connectivity index (χ2v) is 5.78. The first-order valence-electron chi connectivity index (χ1n) is 4.66. The van der Waals surface area contributed by atoms with Crippen LogP contribution >= 0.6 is 0 Å². The normalized spacial score (nSPS) is 23.8. The van der Waals surface area contributed by atoms with E-state index in [1.807, 2.05) is 7.05 Å². The Morgan fingerprint density at radius 1 is 1.38 bits per heavy atom. The third-order valence-corrected chi connectivity index (χ3v) is 4.04. The van der Waals surface area contributed by atoms with Crippen LogP contribution in [0.1, 0.15) is 12.8 Å². The number of rotatable bonds is 3. The maximum Gasteiger partial charge on any atom is 0.150 e. The molecule has 13 heavy (non-hydrogen) atoms. The number of sulfone groups is 1. The molecule has 0 bridgehead atoms. The predicted molar refractivity (Wildman–Crippen MR) is 54.4 cm³/mol. The SMILES string of the molecule is CNC/C=C/C1CCS(=O)(=O)CC1. The minimum atomic E-state index is -2.70. The summed E-state index contributed by atoms with van der Waals surface area (Å²) in [6, 6.07) is 0. The molecule has 1 heterocycles. The first-order valence-corrected chi connectivity index (χ1v) is 6.48. The topological polar surface area (TPSA) is 46.2 Å². The van der Waals surface area contributed by atoms with Crippen LogP contribution in [0.25, 0.3) is 0 Å². The van der Waals surface area contributed by atoms with Gasteiger partial charge in [0.2, 0.25) is 0 Å². The summed E-state index contributed by atoms with van der Waals surface area (Å²) in [5.74, 6) is 1.19. The van der Waals surface area contributed by atoms with Gasteiger partial charge in [-0.25, -0.2) is 8.42 Å². The molecule has 0 atom stereocenters. The molecular weight excluding hydrogens is 186 g/mol. The van der Waals surface area contributed by atoms with E-state index in [-0.39, 0.29) is 0 Å². The molecule has 0 unspecified atom stereocenters. The van der Waals surface area contributed by atoms with Gasteiger partial charge in [0.25, 0.3) is 0 Å². The van der Waals surface area contributed by atoms with Crippen molar-refractivity contribution in [1.82, 2.24) is 5.32 Å². The zero-order valence-corrected chi connectivity index (χ0v) is 8.81. The highest BCUT2D eigenvalue weighted by Crippen LogP contribution is 2.19. The molecule has 3 nitrogen and oxygen atoms in total. The molecule has 0 aromatic heterocycles. The maximum absolute atomic E-state index is 11.1. The summed E-state index contributed by atoms with van der Waals surface area (Å²) in [5, 5.41) is 3.02. The Balaban J connectivity index is 2.33. The van der Waals surface area contributed by atoms with Crippen molar-refractivity contribution in [3.05, 3.63) is 12.2 Å². The van der Waals surface area contributed by atoms with E-state index in [9.17, 15) is 8.42 Å². The van der Waals surface area contributed by atoms with Gasteiger partial charge in [0, 0.05) is 6.54 Å². The summed E-state index contributed by atoms with van der Waals surface area (Å²) in [4.78, 5) is 0. The second-order valence-electron chi connectivity index (χ2n) is 3.48. The van der Waals surface area contributed by atoms with Crippen molar-refractivity contribution in [3.8, 4) is 0 Å². The van der Waals surface area contributed by atoms with Crippen LogP contribution < -0.4 is 5.32 Å². The molecule has 1 N–H and O–H groups in total. The van der Waals surface area contributed by atoms with Crippen molar-refractivity contribution in [3.63, 3.8) is 0 Å². The lowest BCUT2D eigenvalue weighted by molar-refractivity contribution is 0.534. The molecule has 0 amide bonds. The van der Waals surface area contributed by atoms with Crippen LogP contribution in [0.5, 0.6) is 0 Å². The van der Waals surface area contributed by atoms with Gasteiger partial charge < -0.3 is 5.32 Å². The van der Waals surface area contributed by atoms with E-state index >= 15 is 0 Å². The molecule has 0 saturated carbocycles. The largest absolute Gasteiger partial charge is 0.316 e. The lowest BCUT2D eigenvalue weighted by atomic mass is 10.0. The predicted octanol–water partition coefficient (Wildman–Crippen LogP) is 0.587. The van der Waals surface area contributed by atoms with Crippen molar-refractivity contribution >= 4 is 9.84 Å². The number of hydrogen-bond acceptors (Lipinski definition) is 3. The minimum absolute atomic E-state index is 0.363. The Hall–Kier alpha value is -0.350. The summed E-state index contributed by atoms with van der Waals surface area (Å²) in [6.07, 6.45) is 5.79. The Bertz CT molecular complexity index is 255. The fourth-order valence-corrected chi connectivity index (χ4v) is 3.01.